The molecule has 0 aromatic heterocycles. The number of hydrogen-bond donors (Lipinski definition) is 2. The normalized spacial score (nSPS) is 10.2. The summed E-state index contributed by atoms with van der Waals surface area (Å²) in [7, 11) is 0. The van der Waals surface area contributed by atoms with Crippen LogP contribution < -0.4 is 10.1 Å². The molecule has 120 valence electrons. The summed E-state index contributed by atoms with van der Waals surface area (Å²) in [6.45, 7) is 0.0290. The van der Waals surface area contributed by atoms with Crippen LogP contribution in [0.1, 0.15) is 15.9 Å². The molecule has 0 aliphatic rings. The standard InChI is InChI=1S/C16H13Cl2NO4/c17-11-3-1-10(2-4-11)8-19-15(20)9-23-14-6-5-12(18)7-13(14)16(21)22/h1-7H,8-9H2,(H,19,20)(H,21,22). The van der Waals surface area contributed by atoms with Crippen molar-refractivity contribution in [3.8, 4) is 5.75 Å². The van der Waals surface area contributed by atoms with Crippen LogP contribution in [0.3, 0.4) is 0 Å². The molecule has 0 saturated heterocycles. The Morgan fingerprint density at radius 2 is 1.70 bits per heavy atom. The molecule has 2 aromatic carbocycles. The fraction of sp³-hybridized carbons (Fsp3) is 0.125. The van der Waals surface area contributed by atoms with Gasteiger partial charge in [-0.2, -0.15) is 0 Å². The third-order valence-electron chi connectivity index (χ3n) is 2.93. The first kappa shape index (κ1) is 17.1. The van der Waals surface area contributed by atoms with Crippen molar-refractivity contribution in [2.24, 2.45) is 0 Å². The number of carbonyl (C=O) groups is 2. The molecule has 0 aliphatic carbocycles. The summed E-state index contributed by atoms with van der Waals surface area (Å²) in [5.41, 5.74) is 0.795. The summed E-state index contributed by atoms with van der Waals surface area (Å²) >= 11 is 11.5. The predicted octanol–water partition coefficient (Wildman–Crippen LogP) is 3.39. The highest BCUT2D eigenvalue weighted by Crippen LogP contribution is 2.22. The molecule has 2 N–H and O–H groups in total. The molecule has 7 heteroatoms. The smallest absolute Gasteiger partial charge is 0.339 e. The van der Waals surface area contributed by atoms with Gasteiger partial charge in [0.05, 0.1) is 0 Å². The van der Waals surface area contributed by atoms with Crippen LogP contribution in [0.5, 0.6) is 5.75 Å². The Labute approximate surface area is 142 Å². The lowest BCUT2D eigenvalue weighted by atomic mass is 10.2. The van der Waals surface area contributed by atoms with E-state index < -0.39 is 5.97 Å². The maximum absolute atomic E-state index is 11.8. The molecule has 2 aromatic rings. The lowest BCUT2D eigenvalue weighted by Gasteiger charge is -2.10. The highest BCUT2D eigenvalue weighted by molar-refractivity contribution is 6.31. The minimum atomic E-state index is -1.18. The average molecular weight is 354 g/mol. The minimum absolute atomic E-state index is 0.0866. The van der Waals surface area contributed by atoms with Crippen LogP contribution in [0.2, 0.25) is 10.0 Å². The molecule has 0 heterocycles. The molecule has 0 aliphatic heterocycles. The van der Waals surface area contributed by atoms with Gasteiger partial charge in [-0.15, -0.1) is 0 Å². The molecule has 0 unspecified atom stereocenters. The number of hydrogen-bond acceptors (Lipinski definition) is 3. The number of nitrogens with one attached hydrogen (secondary N) is 1. The highest BCUT2D eigenvalue weighted by atomic mass is 35.5. The van der Waals surface area contributed by atoms with Crippen molar-refractivity contribution in [3.05, 3.63) is 63.6 Å². The van der Waals surface area contributed by atoms with E-state index in [4.69, 9.17) is 33.0 Å². The van der Waals surface area contributed by atoms with E-state index in [0.29, 0.717) is 11.6 Å². The zero-order valence-electron chi connectivity index (χ0n) is 11.9. The fourth-order valence-corrected chi connectivity index (χ4v) is 2.09. The number of amides is 1. The summed E-state index contributed by atoms with van der Waals surface area (Å²) in [5, 5.41) is 12.6. The quantitative estimate of drug-likeness (QED) is 0.834. The van der Waals surface area contributed by atoms with Gasteiger partial charge in [0.2, 0.25) is 0 Å². The van der Waals surface area contributed by atoms with Crippen molar-refractivity contribution in [2.75, 3.05) is 6.61 Å². The second kappa shape index (κ2) is 7.85. The summed E-state index contributed by atoms with van der Waals surface area (Å²) in [5.74, 6) is -1.46. The van der Waals surface area contributed by atoms with Gasteiger partial charge in [-0.25, -0.2) is 4.79 Å². The van der Waals surface area contributed by atoms with Crippen LogP contribution >= 0.6 is 23.2 Å². The van der Waals surface area contributed by atoms with Gasteiger partial charge in [0.15, 0.2) is 6.61 Å². The van der Waals surface area contributed by atoms with Crippen molar-refractivity contribution in [1.29, 1.82) is 0 Å². The first-order valence-corrected chi connectivity index (χ1v) is 7.38. The Kier molecular flexibility index (Phi) is 5.84. The summed E-state index contributed by atoms with van der Waals surface area (Å²) in [6.07, 6.45) is 0. The molecule has 0 bridgehead atoms. The monoisotopic (exact) mass is 353 g/mol. The number of benzene rings is 2. The van der Waals surface area contributed by atoms with Crippen molar-refractivity contribution in [3.63, 3.8) is 0 Å². The largest absolute Gasteiger partial charge is 0.483 e. The van der Waals surface area contributed by atoms with Gasteiger partial charge in [0, 0.05) is 16.6 Å². The van der Waals surface area contributed by atoms with E-state index in [1.165, 1.54) is 18.2 Å². The lowest BCUT2D eigenvalue weighted by molar-refractivity contribution is -0.123. The highest BCUT2D eigenvalue weighted by Gasteiger charge is 2.13. The number of carboxylic acid groups (broad SMARTS) is 1. The first-order valence-electron chi connectivity index (χ1n) is 6.62. The van der Waals surface area contributed by atoms with E-state index in [9.17, 15) is 9.59 Å². The van der Waals surface area contributed by atoms with Gasteiger partial charge < -0.3 is 15.2 Å². The third kappa shape index (κ3) is 5.16. The van der Waals surface area contributed by atoms with E-state index in [1.807, 2.05) is 0 Å². The molecule has 23 heavy (non-hydrogen) atoms. The van der Waals surface area contributed by atoms with Crippen molar-refractivity contribution < 1.29 is 19.4 Å². The first-order chi connectivity index (χ1) is 11.0. The molecule has 0 saturated carbocycles. The molecule has 2 rings (SSSR count). The van der Waals surface area contributed by atoms with Crippen LogP contribution in [0.15, 0.2) is 42.5 Å². The SMILES string of the molecule is O=C(COc1ccc(Cl)cc1C(=O)O)NCc1ccc(Cl)cc1. The second-order valence-electron chi connectivity index (χ2n) is 4.64. The molecule has 5 nitrogen and oxygen atoms in total. The number of ether oxygens (including phenoxy) is 1. The van der Waals surface area contributed by atoms with Crippen LogP contribution in [0.4, 0.5) is 0 Å². The maximum Gasteiger partial charge on any atom is 0.339 e. The Balaban J connectivity index is 1.89. The van der Waals surface area contributed by atoms with Gasteiger partial charge in [-0.3, -0.25) is 4.79 Å². The van der Waals surface area contributed by atoms with Gasteiger partial charge in [0.1, 0.15) is 11.3 Å². The topological polar surface area (TPSA) is 75.6 Å². The van der Waals surface area contributed by atoms with Crippen molar-refractivity contribution in [1.82, 2.24) is 5.32 Å². The van der Waals surface area contributed by atoms with E-state index in [0.717, 1.165) is 5.56 Å². The summed E-state index contributed by atoms with van der Waals surface area (Å²) in [4.78, 5) is 22.9. The number of rotatable bonds is 6. The third-order valence-corrected chi connectivity index (χ3v) is 3.42. The molecule has 0 radical (unpaired) electrons. The summed E-state index contributed by atoms with van der Waals surface area (Å²) < 4.78 is 5.25. The number of aromatic carboxylic acids is 1. The van der Waals surface area contributed by atoms with E-state index in [1.54, 1.807) is 24.3 Å². The number of halogens is 2. The van der Waals surface area contributed by atoms with Crippen LogP contribution in [-0.2, 0) is 11.3 Å². The molecule has 1 amide bonds. The fourth-order valence-electron chi connectivity index (χ4n) is 1.79. The Bertz CT molecular complexity index is 717. The van der Waals surface area contributed by atoms with Crippen LogP contribution in [0, 0.1) is 0 Å². The van der Waals surface area contributed by atoms with Crippen molar-refractivity contribution in [2.45, 2.75) is 6.54 Å². The molecular formula is C16H13Cl2NO4. The minimum Gasteiger partial charge on any atom is -0.483 e. The zero-order chi connectivity index (χ0) is 16.8. The van der Waals surface area contributed by atoms with E-state index in [2.05, 4.69) is 5.32 Å². The Morgan fingerprint density at radius 1 is 1.04 bits per heavy atom. The van der Waals surface area contributed by atoms with Crippen LogP contribution in [-0.4, -0.2) is 23.6 Å². The van der Waals surface area contributed by atoms with Crippen LogP contribution in [0.25, 0.3) is 0 Å². The summed E-state index contributed by atoms with van der Waals surface area (Å²) in [6, 6.07) is 11.2. The number of carbonyl (C=O) groups excluding carboxylic acids is 1. The molecule has 0 spiro atoms. The predicted molar refractivity (Wildman–Crippen MR) is 87.2 cm³/mol. The Hall–Kier alpha value is -2.24. The second-order valence-corrected chi connectivity index (χ2v) is 5.51. The molecular weight excluding hydrogens is 341 g/mol. The lowest BCUT2D eigenvalue weighted by Crippen LogP contribution is -2.28. The van der Waals surface area contributed by atoms with E-state index >= 15 is 0 Å². The van der Waals surface area contributed by atoms with Gasteiger partial charge in [0.25, 0.3) is 5.91 Å². The maximum atomic E-state index is 11.8. The zero-order valence-corrected chi connectivity index (χ0v) is 13.4. The van der Waals surface area contributed by atoms with Gasteiger partial charge >= 0.3 is 5.97 Å². The van der Waals surface area contributed by atoms with Gasteiger partial charge in [-0.05, 0) is 35.9 Å². The van der Waals surface area contributed by atoms with Crippen molar-refractivity contribution >= 4 is 35.1 Å². The average Bonchev–Trinajstić information content (AvgIpc) is 2.53. The molecule has 0 atom stereocenters. The Morgan fingerprint density at radius 3 is 2.35 bits per heavy atom. The number of carboxylic acids is 1. The van der Waals surface area contributed by atoms with Gasteiger partial charge in [-0.1, -0.05) is 35.3 Å². The van der Waals surface area contributed by atoms with E-state index in [-0.39, 0.29) is 28.8 Å². The molecule has 0 fully saturated rings.